The van der Waals surface area contributed by atoms with Gasteiger partial charge in [0.05, 0.1) is 24.5 Å². The highest BCUT2D eigenvalue weighted by Gasteiger charge is 2.67. The molecular formula is C26H34N4O4. The lowest BCUT2D eigenvalue weighted by Gasteiger charge is -2.47. The van der Waals surface area contributed by atoms with E-state index in [1.54, 1.807) is 17.0 Å². The van der Waals surface area contributed by atoms with Crippen molar-refractivity contribution in [2.45, 2.75) is 76.3 Å². The number of fused-ring (bicyclic) bond motifs is 1. The maximum absolute atomic E-state index is 13.6. The summed E-state index contributed by atoms with van der Waals surface area (Å²) < 4.78 is 6.28. The predicted molar refractivity (Wildman–Crippen MR) is 129 cm³/mol. The Hall–Kier alpha value is -2.71. The Labute approximate surface area is 200 Å². The molecule has 4 aliphatic rings. The van der Waals surface area contributed by atoms with E-state index >= 15 is 0 Å². The van der Waals surface area contributed by atoms with Gasteiger partial charge < -0.3 is 25.6 Å². The zero-order valence-electron chi connectivity index (χ0n) is 20.5. The number of piperidine rings is 1. The van der Waals surface area contributed by atoms with E-state index in [0.717, 1.165) is 18.5 Å². The highest BCUT2D eigenvalue weighted by atomic mass is 16.5. The number of anilines is 2. The Morgan fingerprint density at radius 2 is 1.74 bits per heavy atom. The van der Waals surface area contributed by atoms with Crippen LogP contribution >= 0.6 is 0 Å². The van der Waals surface area contributed by atoms with Crippen molar-refractivity contribution in [3.05, 3.63) is 36.4 Å². The third-order valence-corrected chi connectivity index (χ3v) is 7.44. The van der Waals surface area contributed by atoms with Crippen LogP contribution in [-0.2, 0) is 19.1 Å². The standard InChI is InChI=1S/C26H34N4O4/c1-15(31)27-16-6-8-18(9-7-16)30-14-26-11-10-19(34-26)20(21(26)23(30)33)22(32)28-17-12-24(2,3)29-25(4,5)13-17/h6-11,17,19-21,29H,12-14H2,1-5H3,(H,27,31)(H,28,32)/t19-,20-,21+,26-/m1/s1. The molecule has 1 aromatic carbocycles. The summed E-state index contributed by atoms with van der Waals surface area (Å²) in [6, 6.07) is 7.20. The second-order valence-electron chi connectivity index (χ2n) is 11.6. The average Bonchev–Trinajstić information content (AvgIpc) is 3.34. The summed E-state index contributed by atoms with van der Waals surface area (Å²) in [5.41, 5.74) is 0.449. The van der Waals surface area contributed by atoms with Gasteiger partial charge in [-0.2, -0.15) is 0 Å². The third kappa shape index (κ3) is 3.92. The van der Waals surface area contributed by atoms with Crippen molar-refractivity contribution in [2.24, 2.45) is 11.8 Å². The van der Waals surface area contributed by atoms with E-state index in [2.05, 4.69) is 43.6 Å². The average molecular weight is 467 g/mol. The largest absolute Gasteiger partial charge is 0.360 e. The van der Waals surface area contributed by atoms with Crippen LogP contribution < -0.4 is 20.9 Å². The van der Waals surface area contributed by atoms with E-state index in [1.165, 1.54) is 6.92 Å². The molecular weight excluding hydrogens is 432 g/mol. The molecule has 4 heterocycles. The van der Waals surface area contributed by atoms with Crippen LogP contribution in [0.25, 0.3) is 0 Å². The molecule has 0 unspecified atom stereocenters. The van der Waals surface area contributed by atoms with E-state index in [1.807, 2.05) is 24.3 Å². The normalized spacial score (nSPS) is 33.1. The second-order valence-corrected chi connectivity index (χ2v) is 11.6. The van der Waals surface area contributed by atoms with Crippen molar-refractivity contribution in [1.82, 2.24) is 10.6 Å². The summed E-state index contributed by atoms with van der Waals surface area (Å²) in [4.78, 5) is 40.1. The Morgan fingerprint density at radius 3 is 2.35 bits per heavy atom. The number of nitrogens with one attached hydrogen (secondary N) is 3. The van der Waals surface area contributed by atoms with Crippen molar-refractivity contribution in [1.29, 1.82) is 0 Å². The second kappa shape index (κ2) is 7.65. The van der Waals surface area contributed by atoms with Crippen LogP contribution in [-0.4, -0.2) is 53.1 Å². The number of carbonyl (C=O) groups excluding carboxylic acids is 3. The summed E-state index contributed by atoms with van der Waals surface area (Å²) in [6.45, 7) is 10.4. The number of ether oxygens (including phenoxy) is 1. The quantitative estimate of drug-likeness (QED) is 0.592. The molecule has 3 fully saturated rings. The maximum Gasteiger partial charge on any atom is 0.234 e. The van der Waals surface area contributed by atoms with Gasteiger partial charge >= 0.3 is 0 Å². The molecule has 0 aliphatic carbocycles. The van der Waals surface area contributed by atoms with Crippen molar-refractivity contribution >= 4 is 29.1 Å². The number of hydrogen-bond donors (Lipinski definition) is 3. The van der Waals surface area contributed by atoms with Gasteiger partial charge in [-0.1, -0.05) is 12.2 Å². The first-order valence-corrected chi connectivity index (χ1v) is 12.0. The highest BCUT2D eigenvalue weighted by Crippen LogP contribution is 2.52. The van der Waals surface area contributed by atoms with E-state index in [9.17, 15) is 14.4 Å². The number of carbonyl (C=O) groups is 3. The summed E-state index contributed by atoms with van der Waals surface area (Å²) in [6.07, 6.45) is 5.18. The Balaban J connectivity index is 1.34. The molecule has 4 aliphatic heterocycles. The van der Waals surface area contributed by atoms with Crippen molar-refractivity contribution in [2.75, 3.05) is 16.8 Å². The summed E-state index contributed by atoms with van der Waals surface area (Å²) >= 11 is 0. The van der Waals surface area contributed by atoms with Gasteiger partial charge in [-0.05, 0) is 64.8 Å². The fourth-order valence-corrected chi connectivity index (χ4v) is 6.67. The third-order valence-electron chi connectivity index (χ3n) is 7.44. The Bertz CT molecular complexity index is 1050. The molecule has 5 rings (SSSR count). The van der Waals surface area contributed by atoms with E-state index in [4.69, 9.17) is 4.74 Å². The zero-order valence-corrected chi connectivity index (χ0v) is 20.5. The molecule has 8 heteroatoms. The van der Waals surface area contributed by atoms with Crippen LogP contribution in [0.1, 0.15) is 47.5 Å². The predicted octanol–water partition coefficient (Wildman–Crippen LogP) is 2.36. The van der Waals surface area contributed by atoms with Crippen LogP contribution in [0.3, 0.4) is 0 Å². The minimum atomic E-state index is -0.771. The van der Waals surface area contributed by atoms with Gasteiger partial charge in [0.2, 0.25) is 17.7 Å². The minimum absolute atomic E-state index is 0.0340. The Morgan fingerprint density at radius 1 is 1.09 bits per heavy atom. The molecule has 1 aromatic rings. The first-order chi connectivity index (χ1) is 15.9. The van der Waals surface area contributed by atoms with Crippen molar-refractivity contribution in [3.8, 4) is 0 Å². The number of rotatable bonds is 4. The molecule has 3 N–H and O–H groups in total. The highest BCUT2D eigenvalue weighted by molar-refractivity contribution is 6.03. The lowest BCUT2D eigenvalue weighted by atomic mass is 9.75. The lowest BCUT2D eigenvalue weighted by Crippen LogP contribution is -2.62. The molecule has 4 atom stereocenters. The topological polar surface area (TPSA) is 99.8 Å². The van der Waals surface area contributed by atoms with Gasteiger partial charge in [-0.25, -0.2) is 0 Å². The fraction of sp³-hybridized carbons (Fsp3) is 0.577. The van der Waals surface area contributed by atoms with E-state index in [-0.39, 0.29) is 40.9 Å². The zero-order chi connectivity index (χ0) is 24.5. The number of amides is 3. The van der Waals surface area contributed by atoms with Gasteiger partial charge in [0.15, 0.2) is 0 Å². The van der Waals surface area contributed by atoms with Crippen molar-refractivity contribution < 1.29 is 19.1 Å². The van der Waals surface area contributed by atoms with Crippen LogP contribution in [0.2, 0.25) is 0 Å². The summed E-state index contributed by atoms with van der Waals surface area (Å²) in [5.74, 6) is -1.42. The van der Waals surface area contributed by atoms with E-state index in [0.29, 0.717) is 12.2 Å². The summed E-state index contributed by atoms with van der Waals surface area (Å²) in [7, 11) is 0. The monoisotopic (exact) mass is 466 g/mol. The molecule has 1 spiro atoms. The fourth-order valence-electron chi connectivity index (χ4n) is 6.67. The molecule has 182 valence electrons. The molecule has 0 saturated carbocycles. The molecule has 0 radical (unpaired) electrons. The Kier molecular flexibility index (Phi) is 5.19. The van der Waals surface area contributed by atoms with Gasteiger partial charge in [0.1, 0.15) is 5.60 Å². The molecule has 34 heavy (non-hydrogen) atoms. The molecule has 0 aromatic heterocycles. The SMILES string of the molecule is CC(=O)Nc1ccc(N2C[C@@]34C=C[C@@H](O3)[C@@H](C(=O)NC3CC(C)(C)NC(C)(C)C3)[C@H]4C2=O)cc1. The van der Waals surface area contributed by atoms with Crippen LogP contribution in [0, 0.1) is 11.8 Å². The van der Waals surface area contributed by atoms with Crippen molar-refractivity contribution in [3.63, 3.8) is 0 Å². The first kappa shape index (κ1) is 23.1. The lowest BCUT2D eigenvalue weighted by molar-refractivity contribution is -0.132. The maximum atomic E-state index is 13.6. The van der Waals surface area contributed by atoms with Gasteiger partial charge in [0.25, 0.3) is 0 Å². The molecule has 3 amide bonds. The van der Waals surface area contributed by atoms with Gasteiger partial charge in [-0.3, -0.25) is 14.4 Å². The van der Waals surface area contributed by atoms with Gasteiger partial charge in [0, 0.05) is 35.4 Å². The number of hydrogen-bond acceptors (Lipinski definition) is 5. The summed E-state index contributed by atoms with van der Waals surface area (Å²) in [5, 5.41) is 9.64. The molecule has 8 nitrogen and oxygen atoms in total. The van der Waals surface area contributed by atoms with E-state index < -0.39 is 17.4 Å². The van der Waals surface area contributed by atoms with Gasteiger partial charge in [-0.15, -0.1) is 0 Å². The minimum Gasteiger partial charge on any atom is -0.360 e. The molecule has 3 saturated heterocycles. The smallest absolute Gasteiger partial charge is 0.234 e. The first-order valence-electron chi connectivity index (χ1n) is 12.0. The van der Waals surface area contributed by atoms with Crippen LogP contribution in [0.5, 0.6) is 0 Å². The molecule has 2 bridgehead atoms. The number of benzene rings is 1. The van der Waals surface area contributed by atoms with Crippen LogP contribution in [0.4, 0.5) is 11.4 Å². The number of nitrogens with zero attached hydrogens (tertiary/aromatic N) is 1. The van der Waals surface area contributed by atoms with Crippen LogP contribution in [0.15, 0.2) is 36.4 Å².